The Morgan fingerprint density at radius 2 is 2.27 bits per heavy atom. The van der Waals surface area contributed by atoms with Crippen molar-refractivity contribution in [3.05, 3.63) is 24.5 Å². The molecule has 0 amide bonds. The van der Waals surface area contributed by atoms with E-state index in [1.54, 1.807) is 18.3 Å². The van der Waals surface area contributed by atoms with Crippen LogP contribution in [0.1, 0.15) is 0 Å². The van der Waals surface area contributed by atoms with Crippen molar-refractivity contribution in [3.8, 4) is 5.75 Å². The molecule has 1 aromatic rings. The summed E-state index contributed by atoms with van der Waals surface area (Å²) in [5.74, 6) is 0.306. The Morgan fingerprint density at radius 1 is 1.45 bits per heavy atom. The van der Waals surface area contributed by atoms with Gasteiger partial charge in [0.05, 0.1) is 6.20 Å². The maximum atomic E-state index is 8.20. The summed E-state index contributed by atoms with van der Waals surface area (Å²) in [6.07, 6.45) is 2.94. The fraction of sp³-hybridized carbons (Fsp3) is 0. The van der Waals surface area contributed by atoms with Gasteiger partial charge < -0.3 is 14.9 Å². The molecule has 0 aliphatic heterocycles. The van der Waals surface area contributed by atoms with E-state index in [0.717, 1.165) is 0 Å². The highest BCUT2D eigenvalue weighted by molar-refractivity contribution is 6.32. The quantitative estimate of drug-likeness (QED) is 0.345. The third-order valence-corrected chi connectivity index (χ3v) is 0.865. The minimum atomic E-state index is -1.93. The van der Waals surface area contributed by atoms with Gasteiger partial charge in [-0.2, -0.15) is 4.81 Å². The lowest BCUT2D eigenvalue weighted by Crippen LogP contribution is -2.18. The standard InChI is InChI=1S/C5H6BNO4/c8-6(9)11-10-5-2-1-3-7-4-5/h1-4,8-9H. The molecule has 0 fully saturated rings. The Bertz CT molecular complexity index is 205. The second-order valence-electron chi connectivity index (χ2n) is 1.69. The smallest absolute Gasteiger partial charge is 0.400 e. The first-order valence-corrected chi connectivity index (χ1v) is 2.88. The van der Waals surface area contributed by atoms with Gasteiger partial charge in [0.2, 0.25) is 0 Å². The van der Waals surface area contributed by atoms with E-state index in [1.165, 1.54) is 6.20 Å². The molecular formula is C5H6BNO4. The first-order valence-electron chi connectivity index (χ1n) is 2.88. The first kappa shape index (κ1) is 8.00. The summed E-state index contributed by atoms with van der Waals surface area (Å²) in [5, 5.41) is 16.4. The molecule has 58 valence electrons. The van der Waals surface area contributed by atoms with Crippen molar-refractivity contribution in [2.24, 2.45) is 0 Å². The predicted molar refractivity (Wildman–Crippen MR) is 36.1 cm³/mol. The molecule has 0 bridgehead atoms. The lowest BCUT2D eigenvalue weighted by molar-refractivity contribution is -0.138. The number of aromatic nitrogens is 1. The minimum absolute atomic E-state index is 0.306. The summed E-state index contributed by atoms with van der Waals surface area (Å²) in [6, 6.07) is 3.19. The maximum Gasteiger partial charge on any atom is 0.672 e. The molecule has 0 spiro atoms. The van der Waals surface area contributed by atoms with E-state index in [-0.39, 0.29) is 0 Å². The number of hydrogen-bond acceptors (Lipinski definition) is 5. The second-order valence-corrected chi connectivity index (χ2v) is 1.69. The summed E-state index contributed by atoms with van der Waals surface area (Å²) in [6.45, 7) is 0. The molecule has 2 N–H and O–H groups in total. The zero-order chi connectivity index (χ0) is 8.10. The van der Waals surface area contributed by atoms with Gasteiger partial charge in [-0.1, -0.05) is 0 Å². The number of nitrogens with zero attached hydrogens (tertiary/aromatic N) is 1. The minimum Gasteiger partial charge on any atom is -0.400 e. The highest BCUT2D eigenvalue weighted by atomic mass is 17.2. The summed E-state index contributed by atoms with van der Waals surface area (Å²) in [7, 11) is -1.93. The molecule has 11 heavy (non-hydrogen) atoms. The van der Waals surface area contributed by atoms with Gasteiger partial charge in [0, 0.05) is 6.20 Å². The average Bonchev–Trinajstić information content (AvgIpc) is 2.03. The zero-order valence-electron chi connectivity index (χ0n) is 5.54. The molecule has 0 aliphatic rings. The van der Waals surface area contributed by atoms with Gasteiger partial charge in [-0.25, -0.2) is 0 Å². The normalized spacial score (nSPS) is 9.27. The topological polar surface area (TPSA) is 71.8 Å². The van der Waals surface area contributed by atoms with Gasteiger partial charge in [0.1, 0.15) is 0 Å². The lowest BCUT2D eigenvalue weighted by Gasteiger charge is -2.01. The van der Waals surface area contributed by atoms with Gasteiger partial charge in [-0.15, -0.1) is 0 Å². The van der Waals surface area contributed by atoms with Crippen LogP contribution < -0.4 is 4.89 Å². The van der Waals surface area contributed by atoms with E-state index in [2.05, 4.69) is 14.7 Å². The monoisotopic (exact) mass is 155 g/mol. The zero-order valence-corrected chi connectivity index (χ0v) is 5.54. The van der Waals surface area contributed by atoms with Crippen LogP contribution in [-0.2, 0) is 4.81 Å². The summed E-state index contributed by atoms with van der Waals surface area (Å²) < 4.78 is 0. The predicted octanol–water partition coefficient (Wildman–Crippen LogP) is -0.639. The van der Waals surface area contributed by atoms with Crippen molar-refractivity contribution >= 4 is 7.32 Å². The van der Waals surface area contributed by atoms with Crippen LogP contribution in [0.3, 0.4) is 0 Å². The largest absolute Gasteiger partial charge is 0.672 e. The first-order chi connectivity index (χ1) is 5.29. The van der Waals surface area contributed by atoms with E-state index in [1.807, 2.05) is 0 Å². The van der Waals surface area contributed by atoms with Crippen LogP contribution in [0.15, 0.2) is 24.5 Å². The lowest BCUT2D eigenvalue weighted by atomic mass is 10.3. The van der Waals surface area contributed by atoms with Crippen molar-refractivity contribution in [3.63, 3.8) is 0 Å². The molecule has 1 rings (SSSR count). The SMILES string of the molecule is OB(O)OOc1cccnc1. The van der Waals surface area contributed by atoms with E-state index in [9.17, 15) is 0 Å². The van der Waals surface area contributed by atoms with E-state index in [4.69, 9.17) is 10.0 Å². The maximum absolute atomic E-state index is 8.20. The second kappa shape index (κ2) is 3.92. The molecule has 0 radical (unpaired) electrons. The molecule has 5 nitrogen and oxygen atoms in total. The number of rotatable bonds is 3. The van der Waals surface area contributed by atoms with Crippen molar-refractivity contribution in [2.45, 2.75) is 0 Å². The summed E-state index contributed by atoms with van der Waals surface area (Å²) in [4.78, 5) is 12.1. The highest BCUT2D eigenvalue weighted by Crippen LogP contribution is 2.05. The van der Waals surface area contributed by atoms with Crippen LogP contribution in [-0.4, -0.2) is 22.4 Å². The fourth-order valence-electron chi connectivity index (χ4n) is 0.495. The molecule has 0 unspecified atom stereocenters. The molecule has 0 atom stereocenters. The molecular weight excluding hydrogens is 149 g/mol. The number of hydrogen-bond donors (Lipinski definition) is 2. The summed E-state index contributed by atoms with van der Waals surface area (Å²) >= 11 is 0. The Hall–Kier alpha value is -1.11. The van der Waals surface area contributed by atoms with Crippen LogP contribution in [0.2, 0.25) is 0 Å². The Morgan fingerprint density at radius 3 is 2.82 bits per heavy atom. The third kappa shape index (κ3) is 2.99. The van der Waals surface area contributed by atoms with Gasteiger partial charge in [0.15, 0.2) is 5.75 Å². The van der Waals surface area contributed by atoms with Crippen molar-refractivity contribution in [1.29, 1.82) is 0 Å². The third-order valence-electron chi connectivity index (χ3n) is 0.865. The van der Waals surface area contributed by atoms with Crippen LogP contribution in [0, 0.1) is 0 Å². The van der Waals surface area contributed by atoms with Gasteiger partial charge in [-0.3, -0.25) is 4.98 Å². The van der Waals surface area contributed by atoms with Gasteiger partial charge >= 0.3 is 7.32 Å². The van der Waals surface area contributed by atoms with Crippen LogP contribution in [0.4, 0.5) is 0 Å². The Kier molecular flexibility index (Phi) is 2.85. The molecule has 0 aliphatic carbocycles. The van der Waals surface area contributed by atoms with Crippen LogP contribution in [0.5, 0.6) is 5.75 Å². The van der Waals surface area contributed by atoms with E-state index in [0.29, 0.717) is 5.75 Å². The molecule has 1 heterocycles. The van der Waals surface area contributed by atoms with Gasteiger partial charge in [0.25, 0.3) is 0 Å². The molecule has 0 aromatic carbocycles. The van der Waals surface area contributed by atoms with Crippen LogP contribution >= 0.6 is 0 Å². The highest BCUT2D eigenvalue weighted by Gasteiger charge is 2.10. The molecule has 1 aromatic heterocycles. The van der Waals surface area contributed by atoms with E-state index < -0.39 is 7.32 Å². The molecule has 6 heteroatoms. The molecule has 0 saturated heterocycles. The Balaban J connectivity index is 2.39. The van der Waals surface area contributed by atoms with Crippen molar-refractivity contribution in [2.75, 3.05) is 0 Å². The summed E-state index contributed by atoms with van der Waals surface area (Å²) in [5.41, 5.74) is 0. The van der Waals surface area contributed by atoms with Crippen molar-refractivity contribution < 1.29 is 19.7 Å². The fourth-order valence-corrected chi connectivity index (χ4v) is 0.495. The number of pyridine rings is 1. The Labute approximate surface area is 63.3 Å². The van der Waals surface area contributed by atoms with E-state index >= 15 is 0 Å². The van der Waals surface area contributed by atoms with Crippen LogP contribution in [0.25, 0.3) is 0 Å². The van der Waals surface area contributed by atoms with Crippen molar-refractivity contribution in [1.82, 2.24) is 4.98 Å². The molecule has 0 saturated carbocycles. The van der Waals surface area contributed by atoms with Gasteiger partial charge in [-0.05, 0) is 12.1 Å². The average molecular weight is 155 g/mol.